The van der Waals surface area contributed by atoms with Gasteiger partial charge < -0.3 is 5.73 Å². The van der Waals surface area contributed by atoms with Crippen molar-refractivity contribution in [2.75, 3.05) is 5.73 Å². The molecule has 1 aromatic carbocycles. The zero-order valence-electron chi connectivity index (χ0n) is 8.15. The third-order valence-corrected chi connectivity index (χ3v) is 2.49. The van der Waals surface area contributed by atoms with Crippen LogP contribution in [-0.4, -0.2) is 4.98 Å². The van der Waals surface area contributed by atoms with E-state index in [2.05, 4.69) is 4.98 Å². The molecule has 15 heavy (non-hydrogen) atoms. The Morgan fingerprint density at radius 3 is 2.53 bits per heavy atom. The number of rotatable bonds is 2. The van der Waals surface area contributed by atoms with Crippen LogP contribution in [0.3, 0.4) is 0 Å². The van der Waals surface area contributed by atoms with E-state index in [-0.39, 0.29) is 0 Å². The van der Waals surface area contributed by atoms with Gasteiger partial charge in [0.25, 0.3) is 0 Å². The molecule has 0 fully saturated rings. The normalized spacial score (nSPS) is 10.2. The Kier molecular flexibility index (Phi) is 2.88. The molecule has 76 valence electrons. The maximum Gasteiger partial charge on any atom is 0.126 e. The van der Waals surface area contributed by atoms with Crippen LogP contribution in [0.2, 0.25) is 5.02 Å². The third-order valence-electron chi connectivity index (χ3n) is 2.23. The summed E-state index contributed by atoms with van der Waals surface area (Å²) in [6, 6.07) is 11.6. The molecule has 0 bridgehead atoms. The van der Waals surface area contributed by atoms with Crippen molar-refractivity contribution in [2.45, 2.75) is 6.42 Å². The van der Waals surface area contributed by atoms with Gasteiger partial charge in [-0.15, -0.1) is 0 Å². The number of benzene rings is 1. The number of nitrogens with zero attached hydrogens (tertiary/aromatic N) is 1. The van der Waals surface area contributed by atoms with Crippen LogP contribution < -0.4 is 5.73 Å². The number of anilines is 1. The highest BCUT2D eigenvalue weighted by Gasteiger charge is 2.00. The van der Waals surface area contributed by atoms with Crippen molar-refractivity contribution >= 4 is 17.4 Å². The van der Waals surface area contributed by atoms with Gasteiger partial charge in [-0.3, -0.25) is 0 Å². The molecular formula is C12H11ClN2. The number of aromatic nitrogens is 1. The summed E-state index contributed by atoms with van der Waals surface area (Å²) in [6.07, 6.45) is 2.48. The Balaban J connectivity index is 2.22. The lowest BCUT2D eigenvalue weighted by Gasteiger charge is -2.04. The van der Waals surface area contributed by atoms with E-state index in [1.807, 2.05) is 36.4 Å². The highest BCUT2D eigenvalue weighted by molar-refractivity contribution is 6.30. The molecule has 2 N–H and O–H groups in total. The molecule has 0 saturated carbocycles. The SMILES string of the molecule is Nc1ncccc1Cc1ccc(Cl)cc1. The van der Waals surface area contributed by atoms with Crippen LogP contribution in [0.5, 0.6) is 0 Å². The molecule has 0 radical (unpaired) electrons. The van der Waals surface area contributed by atoms with Crippen molar-refractivity contribution in [3.05, 3.63) is 58.7 Å². The standard InChI is InChI=1S/C12H11ClN2/c13-11-5-3-9(4-6-11)8-10-2-1-7-15-12(10)14/h1-7H,8H2,(H2,14,15). The molecule has 0 aliphatic carbocycles. The van der Waals surface area contributed by atoms with E-state index in [9.17, 15) is 0 Å². The Bertz CT molecular complexity index is 451. The van der Waals surface area contributed by atoms with Crippen molar-refractivity contribution < 1.29 is 0 Å². The average molecular weight is 219 g/mol. The molecule has 0 atom stereocenters. The molecule has 0 amide bonds. The molecule has 0 aliphatic heterocycles. The van der Waals surface area contributed by atoms with Gasteiger partial charge in [-0.25, -0.2) is 4.98 Å². The minimum absolute atomic E-state index is 0.590. The fourth-order valence-corrected chi connectivity index (χ4v) is 1.55. The second-order valence-electron chi connectivity index (χ2n) is 3.35. The second-order valence-corrected chi connectivity index (χ2v) is 3.79. The van der Waals surface area contributed by atoms with Crippen LogP contribution >= 0.6 is 11.6 Å². The summed E-state index contributed by atoms with van der Waals surface area (Å²) in [4.78, 5) is 4.04. The fraction of sp³-hybridized carbons (Fsp3) is 0.0833. The molecule has 3 heteroatoms. The predicted octanol–water partition coefficient (Wildman–Crippen LogP) is 2.91. The van der Waals surface area contributed by atoms with Crippen molar-refractivity contribution in [1.82, 2.24) is 4.98 Å². The predicted molar refractivity (Wildman–Crippen MR) is 62.9 cm³/mol. The average Bonchev–Trinajstić information content (AvgIpc) is 2.25. The fourth-order valence-electron chi connectivity index (χ4n) is 1.42. The van der Waals surface area contributed by atoms with Crippen molar-refractivity contribution in [1.29, 1.82) is 0 Å². The van der Waals surface area contributed by atoms with Crippen LogP contribution in [0.15, 0.2) is 42.6 Å². The van der Waals surface area contributed by atoms with Gasteiger partial charge in [-0.05, 0) is 29.3 Å². The highest BCUT2D eigenvalue weighted by Crippen LogP contribution is 2.16. The number of nitrogen functional groups attached to an aromatic ring is 1. The number of hydrogen-bond donors (Lipinski definition) is 1. The minimum Gasteiger partial charge on any atom is -0.383 e. The van der Waals surface area contributed by atoms with E-state index in [4.69, 9.17) is 17.3 Å². The van der Waals surface area contributed by atoms with Crippen LogP contribution in [0, 0.1) is 0 Å². The van der Waals surface area contributed by atoms with Gasteiger partial charge >= 0.3 is 0 Å². The quantitative estimate of drug-likeness (QED) is 0.842. The Morgan fingerprint density at radius 2 is 1.87 bits per heavy atom. The molecule has 2 rings (SSSR count). The molecular weight excluding hydrogens is 208 g/mol. The molecule has 1 heterocycles. The first-order chi connectivity index (χ1) is 7.25. The molecule has 0 aliphatic rings. The van der Waals surface area contributed by atoms with E-state index >= 15 is 0 Å². The second kappa shape index (κ2) is 4.32. The van der Waals surface area contributed by atoms with Gasteiger partial charge in [-0.1, -0.05) is 29.8 Å². The Morgan fingerprint density at radius 1 is 1.13 bits per heavy atom. The Labute approximate surface area is 93.7 Å². The van der Waals surface area contributed by atoms with Crippen LogP contribution in [0.4, 0.5) is 5.82 Å². The minimum atomic E-state index is 0.590. The third kappa shape index (κ3) is 2.48. The zero-order valence-corrected chi connectivity index (χ0v) is 8.91. The smallest absolute Gasteiger partial charge is 0.126 e. The summed E-state index contributed by atoms with van der Waals surface area (Å²) in [7, 11) is 0. The van der Waals surface area contributed by atoms with Crippen molar-refractivity contribution in [2.24, 2.45) is 0 Å². The summed E-state index contributed by atoms with van der Waals surface area (Å²) >= 11 is 5.81. The highest BCUT2D eigenvalue weighted by atomic mass is 35.5. The lowest BCUT2D eigenvalue weighted by molar-refractivity contribution is 1.15. The van der Waals surface area contributed by atoms with Gasteiger partial charge in [0.05, 0.1) is 0 Å². The number of halogens is 1. The van der Waals surface area contributed by atoms with Gasteiger partial charge in [0.15, 0.2) is 0 Å². The molecule has 0 saturated heterocycles. The van der Waals surface area contributed by atoms with Crippen molar-refractivity contribution in [3.63, 3.8) is 0 Å². The summed E-state index contributed by atoms with van der Waals surface area (Å²) in [5, 5.41) is 0.748. The number of nitrogens with two attached hydrogens (primary N) is 1. The molecule has 1 aromatic heterocycles. The van der Waals surface area contributed by atoms with Crippen molar-refractivity contribution in [3.8, 4) is 0 Å². The van der Waals surface area contributed by atoms with Gasteiger partial charge in [0, 0.05) is 17.6 Å². The van der Waals surface area contributed by atoms with E-state index in [0.29, 0.717) is 5.82 Å². The first-order valence-electron chi connectivity index (χ1n) is 4.69. The first kappa shape index (κ1) is 9.99. The molecule has 0 spiro atoms. The summed E-state index contributed by atoms with van der Waals surface area (Å²) in [6.45, 7) is 0. The Hall–Kier alpha value is -1.54. The molecule has 0 unspecified atom stereocenters. The van der Waals surface area contributed by atoms with E-state index < -0.39 is 0 Å². The summed E-state index contributed by atoms with van der Waals surface area (Å²) in [5.41, 5.74) is 7.98. The molecule has 2 aromatic rings. The topological polar surface area (TPSA) is 38.9 Å². The van der Waals surface area contributed by atoms with Gasteiger partial charge in [0.2, 0.25) is 0 Å². The number of hydrogen-bond acceptors (Lipinski definition) is 2. The summed E-state index contributed by atoms with van der Waals surface area (Å²) in [5.74, 6) is 0.590. The van der Waals surface area contributed by atoms with E-state index in [0.717, 1.165) is 17.0 Å². The van der Waals surface area contributed by atoms with Crippen LogP contribution in [0.25, 0.3) is 0 Å². The lowest BCUT2D eigenvalue weighted by atomic mass is 10.1. The van der Waals surface area contributed by atoms with E-state index in [1.54, 1.807) is 6.20 Å². The first-order valence-corrected chi connectivity index (χ1v) is 5.07. The van der Waals surface area contributed by atoms with Crippen LogP contribution in [0.1, 0.15) is 11.1 Å². The molecule has 2 nitrogen and oxygen atoms in total. The van der Waals surface area contributed by atoms with E-state index in [1.165, 1.54) is 5.56 Å². The monoisotopic (exact) mass is 218 g/mol. The van der Waals surface area contributed by atoms with Gasteiger partial charge in [-0.2, -0.15) is 0 Å². The summed E-state index contributed by atoms with van der Waals surface area (Å²) < 4.78 is 0. The lowest BCUT2D eigenvalue weighted by Crippen LogP contribution is -1.97. The largest absolute Gasteiger partial charge is 0.383 e. The van der Waals surface area contributed by atoms with Crippen LogP contribution in [-0.2, 0) is 6.42 Å². The number of pyridine rings is 1. The zero-order chi connectivity index (χ0) is 10.7. The van der Waals surface area contributed by atoms with Gasteiger partial charge in [0.1, 0.15) is 5.82 Å². The maximum atomic E-state index is 5.81. The maximum absolute atomic E-state index is 5.81.